The molecule has 0 aromatic heterocycles. The minimum atomic E-state index is -1.44. The molecule has 0 saturated carbocycles. The summed E-state index contributed by atoms with van der Waals surface area (Å²) in [6.07, 6.45) is 2.53. The second kappa shape index (κ2) is 14.2. The first-order valence-corrected chi connectivity index (χ1v) is 8.20. The highest BCUT2D eigenvalue weighted by atomic mass is 16.5. The first-order chi connectivity index (χ1) is 13.6. The van der Waals surface area contributed by atoms with E-state index in [-0.39, 0.29) is 18.1 Å². The molecule has 0 fully saturated rings. The van der Waals surface area contributed by atoms with E-state index in [0.717, 1.165) is 11.6 Å². The first-order valence-electron chi connectivity index (χ1n) is 8.20. The molecular formula is C21H22O8. The molecule has 0 aliphatic heterocycles. The van der Waals surface area contributed by atoms with Crippen LogP contribution in [0.2, 0.25) is 0 Å². The summed E-state index contributed by atoms with van der Waals surface area (Å²) < 4.78 is 4.11. The number of carboxylic acid groups (broad SMARTS) is 2. The van der Waals surface area contributed by atoms with Crippen molar-refractivity contribution < 1.29 is 39.2 Å². The van der Waals surface area contributed by atoms with E-state index >= 15 is 0 Å². The molecule has 0 bridgehead atoms. The molecule has 0 radical (unpaired) electrons. The fourth-order valence-electron chi connectivity index (χ4n) is 1.61. The number of phenolic OH excluding ortho intramolecular Hbond substituents is 1. The molecule has 0 aliphatic carbocycles. The molecular weight excluding hydrogens is 380 g/mol. The van der Waals surface area contributed by atoms with Crippen LogP contribution in [0.3, 0.4) is 0 Å². The van der Waals surface area contributed by atoms with Crippen molar-refractivity contribution in [2.45, 2.75) is 13.3 Å². The molecule has 0 heterocycles. The van der Waals surface area contributed by atoms with Crippen LogP contribution in [-0.2, 0) is 30.3 Å². The van der Waals surface area contributed by atoms with Crippen LogP contribution >= 0.6 is 0 Å². The van der Waals surface area contributed by atoms with Gasteiger partial charge in [-0.1, -0.05) is 42.5 Å². The van der Waals surface area contributed by atoms with Gasteiger partial charge in [0.15, 0.2) is 0 Å². The van der Waals surface area contributed by atoms with Gasteiger partial charge >= 0.3 is 17.9 Å². The smallest absolute Gasteiger partial charge is 0.372 e. The summed E-state index contributed by atoms with van der Waals surface area (Å²) in [6.45, 7) is 1.36. The van der Waals surface area contributed by atoms with Crippen molar-refractivity contribution in [3.8, 4) is 5.75 Å². The molecule has 29 heavy (non-hydrogen) atoms. The van der Waals surface area contributed by atoms with E-state index in [0.29, 0.717) is 5.56 Å². The first kappa shape index (κ1) is 25.1. The summed E-state index contributed by atoms with van der Waals surface area (Å²) >= 11 is 0. The zero-order valence-electron chi connectivity index (χ0n) is 15.9. The Labute approximate surface area is 167 Å². The Hall–Kier alpha value is -3.94. The number of carbonyl (C=O) groups excluding carboxylic acids is 2. The summed E-state index contributed by atoms with van der Waals surface area (Å²) in [5.74, 6) is -3.37. The van der Waals surface area contributed by atoms with E-state index in [1.807, 2.05) is 30.3 Å². The number of ketones is 1. The Morgan fingerprint density at radius 1 is 0.931 bits per heavy atom. The van der Waals surface area contributed by atoms with E-state index in [4.69, 9.17) is 15.3 Å². The van der Waals surface area contributed by atoms with Gasteiger partial charge in [0.05, 0.1) is 7.11 Å². The van der Waals surface area contributed by atoms with Crippen LogP contribution in [0.15, 0.2) is 60.7 Å². The topological polar surface area (TPSA) is 138 Å². The molecule has 2 aromatic rings. The minimum Gasteiger partial charge on any atom is -0.508 e. The molecule has 0 saturated heterocycles. The molecule has 2 rings (SSSR count). The van der Waals surface area contributed by atoms with Crippen LogP contribution in [0.1, 0.15) is 18.1 Å². The average Bonchev–Trinajstić information content (AvgIpc) is 2.69. The van der Waals surface area contributed by atoms with E-state index in [1.54, 1.807) is 6.08 Å². The normalized spacial score (nSPS) is 9.31. The second-order valence-electron chi connectivity index (χ2n) is 5.35. The van der Waals surface area contributed by atoms with Gasteiger partial charge in [-0.3, -0.25) is 9.59 Å². The van der Waals surface area contributed by atoms with Gasteiger partial charge in [-0.05, 0) is 29.3 Å². The monoisotopic (exact) mass is 402 g/mol. The number of esters is 1. The molecule has 0 unspecified atom stereocenters. The lowest BCUT2D eigenvalue weighted by Crippen LogP contribution is -2.14. The maximum Gasteiger partial charge on any atom is 0.372 e. The van der Waals surface area contributed by atoms with Gasteiger partial charge in [0.2, 0.25) is 5.78 Å². The van der Waals surface area contributed by atoms with Crippen molar-refractivity contribution in [3.05, 3.63) is 71.8 Å². The standard InChI is InChI=1S/C9H8O4.C9H8O2.C3H6O2/c10-7-3-1-6(2-4-7)5-8(11)9(12)13;10-9(11)7-6-8-4-2-1-3-5-8;1-3(4)5-2/h1-4,10H,5H2,(H,12,13);1-7H,(H,10,11);1-2H3/b;7-6+;. The predicted molar refractivity (Wildman–Crippen MR) is 105 cm³/mol. The Kier molecular flexibility index (Phi) is 12.2. The molecule has 0 amide bonds. The van der Waals surface area contributed by atoms with Crippen LogP contribution in [-0.4, -0.2) is 46.1 Å². The molecule has 0 aliphatic rings. The fourth-order valence-corrected chi connectivity index (χ4v) is 1.61. The maximum atomic E-state index is 10.7. The molecule has 0 atom stereocenters. The van der Waals surface area contributed by atoms with Crippen molar-refractivity contribution >= 4 is 29.8 Å². The van der Waals surface area contributed by atoms with Crippen molar-refractivity contribution in [1.82, 2.24) is 0 Å². The highest BCUT2D eigenvalue weighted by molar-refractivity contribution is 6.33. The van der Waals surface area contributed by atoms with Gasteiger partial charge in [-0.2, -0.15) is 0 Å². The zero-order valence-corrected chi connectivity index (χ0v) is 15.9. The number of hydrogen-bond acceptors (Lipinski definition) is 6. The average molecular weight is 402 g/mol. The molecule has 8 nitrogen and oxygen atoms in total. The fraction of sp³-hybridized carbons (Fsp3) is 0.143. The molecule has 8 heteroatoms. The van der Waals surface area contributed by atoms with Crippen molar-refractivity contribution in [1.29, 1.82) is 0 Å². The summed E-state index contributed by atoms with van der Waals surface area (Å²) in [5.41, 5.74) is 1.47. The number of benzene rings is 2. The molecule has 3 N–H and O–H groups in total. The number of rotatable bonds is 5. The molecule has 0 spiro atoms. The van der Waals surface area contributed by atoms with Crippen LogP contribution in [0.25, 0.3) is 6.08 Å². The summed E-state index contributed by atoms with van der Waals surface area (Å²) in [6, 6.07) is 15.1. The van der Waals surface area contributed by atoms with Crippen LogP contribution in [0, 0.1) is 0 Å². The number of methoxy groups -OCH3 is 1. The number of phenols is 1. The van der Waals surface area contributed by atoms with Crippen molar-refractivity contribution in [2.24, 2.45) is 0 Å². The lowest BCUT2D eigenvalue weighted by molar-refractivity contribution is -0.148. The SMILES string of the molecule is COC(C)=O.O=C(O)/C=C/c1ccccc1.O=C(O)C(=O)Cc1ccc(O)cc1. The van der Waals surface area contributed by atoms with E-state index in [2.05, 4.69) is 4.74 Å². The third kappa shape index (κ3) is 13.9. The summed E-state index contributed by atoms with van der Waals surface area (Å²) in [4.78, 5) is 40.6. The number of aromatic hydroxyl groups is 1. The van der Waals surface area contributed by atoms with Crippen molar-refractivity contribution in [2.75, 3.05) is 7.11 Å². The zero-order chi connectivity index (χ0) is 22.2. The number of Topliss-reactive ketones (excluding diaryl/α,β-unsaturated/α-hetero) is 1. The number of ether oxygens (including phenoxy) is 1. The Morgan fingerprint density at radius 3 is 1.86 bits per heavy atom. The van der Waals surface area contributed by atoms with Gasteiger partial charge in [0.25, 0.3) is 0 Å². The Balaban J connectivity index is 0.000000445. The number of aliphatic carboxylic acids is 2. The van der Waals surface area contributed by atoms with Gasteiger partial charge < -0.3 is 20.1 Å². The van der Waals surface area contributed by atoms with Gasteiger partial charge in [0, 0.05) is 19.4 Å². The minimum absolute atomic E-state index is 0.0894. The van der Waals surface area contributed by atoms with Gasteiger partial charge in [0.1, 0.15) is 5.75 Å². The van der Waals surface area contributed by atoms with Gasteiger partial charge in [-0.25, -0.2) is 9.59 Å². The lowest BCUT2D eigenvalue weighted by Gasteiger charge is -1.97. The number of carboxylic acids is 2. The number of carbonyl (C=O) groups is 4. The Bertz CT molecular complexity index is 824. The predicted octanol–water partition coefficient (Wildman–Crippen LogP) is 2.55. The summed E-state index contributed by atoms with van der Waals surface area (Å²) in [7, 11) is 1.35. The third-order valence-electron chi connectivity index (χ3n) is 3.04. The van der Waals surface area contributed by atoms with Crippen molar-refractivity contribution in [3.63, 3.8) is 0 Å². The largest absolute Gasteiger partial charge is 0.508 e. The highest BCUT2D eigenvalue weighted by Crippen LogP contribution is 2.10. The quantitative estimate of drug-likeness (QED) is 0.394. The Morgan fingerprint density at radius 2 is 1.45 bits per heavy atom. The second-order valence-corrected chi connectivity index (χ2v) is 5.35. The van der Waals surface area contributed by atoms with Gasteiger partial charge in [-0.15, -0.1) is 0 Å². The van der Waals surface area contributed by atoms with Crippen LogP contribution in [0.4, 0.5) is 0 Å². The lowest BCUT2D eigenvalue weighted by atomic mass is 10.1. The van der Waals surface area contributed by atoms with E-state index < -0.39 is 17.7 Å². The molecule has 154 valence electrons. The van der Waals surface area contributed by atoms with Crippen LogP contribution < -0.4 is 0 Å². The molecule has 2 aromatic carbocycles. The number of hydrogen-bond donors (Lipinski definition) is 3. The maximum absolute atomic E-state index is 10.7. The van der Waals surface area contributed by atoms with E-state index in [9.17, 15) is 19.2 Å². The van der Waals surface area contributed by atoms with E-state index in [1.165, 1.54) is 38.3 Å². The highest BCUT2D eigenvalue weighted by Gasteiger charge is 2.11. The summed E-state index contributed by atoms with van der Waals surface area (Å²) in [5, 5.41) is 25.5. The van der Waals surface area contributed by atoms with Crippen LogP contribution in [0.5, 0.6) is 5.75 Å². The third-order valence-corrected chi connectivity index (χ3v) is 3.04.